The highest BCUT2D eigenvalue weighted by molar-refractivity contribution is 5.90. The van der Waals surface area contributed by atoms with Crippen LogP contribution < -0.4 is 0 Å². The topological polar surface area (TPSA) is 46.6 Å². The molecule has 1 saturated heterocycles. The molecule has 0 amide bonds. The van der Waals surface area contributed by atoms with Crippen LogP contribution in [0.5, 0.6) is 0 Å². The van der Waals surface area contributed by atoms with E-state index in [9.17, 15) is 22.8 Å². The highest BCUT2D eigenvalue weighted by Crippen LogP contribution is 2.53. The smallest absolute Gasteiger partial charge is 0.391 e. The zero-order valence-corrected chi connectivity index (χ0v) is 7.63. The molecule has 84 valence electrons. The fourth-order valence-corrected chi connectivity index (χ4v) is 1.76. The van der Waals surface area contributed by atoms with Gasteiger partial charge in [0, 0.05) is 0 Å². The van der Waals surface area contributed by atoms with Gasteiger partial charge in [0.1, 0.15) is 5.54 Å². The third-order valence-corrected chi connectivity index (χ3v) is 2.72. The number of morpholine rings is 1. The number of cyclic esters (lactones) is 2. The van der Waals surface area contributed by atoms with Crippen LogP contribution in [0.2, 0.25) is 0 Å². The summed E-state index contributed by atoms with van der Waals surface area (Å²) in [6.45, 7) is -0.934. The van der Waals surface area contributed by atoms with Gasteiger partial charge in [-0.25, -0.2) is 0 Å². The molecule has 1 aliphatic heterocycles. The highest BCUT2D eigenvalue weighted by atomic mass is 19.4. The van der Waals surface area contributed by atoms with E-state index in [0.717, 1.165) is 4.90 Å². The maximum absolute atomic E-state index is 12.6. The summed E-state index contributed by atoms with van der Waals surface area (Å²) in [7, 11) is 0. The molecule has 0 spiro atoms. The fraction of sp³-hybridized carbons (Fsp3) is 0.750. The molecule has 0 bridgehead atoms. The normalized spacial score (nSPS) is 26.3. The summed E-state index contributed by atoms with van der Waals surface area (Å²) in [5.41, 5.74) is -1.97. The van der Waals surface area contributed by atoms with Gasteiger partial charge in [-0.15, -0.1) is 0 Å². The summed E-state index contributed by atoms with van der Waals surface area (Å²) in [6.07, 6.45) is -4.51. The zero-order valence-electron chi connectivity index (χ0n) is 7.63. The summed E-state index contributed by atoms with van der Waals surface area (Å²) >= 11 is 0. The lowest BCUT2D eigenvalue weighted by atomic mass is 10.2. The number of nitrogens with zero attached hydrogens (tertiary/aromatic N) is 1. The van der Waals surface area contributed by atoms with Crippen LogP contribution >= 0.6 is 0 Å². The second-order valence-electron chi connectivity index (χ2n) is 3.73. The molecular weight excluding hydrogens is 215 g/mol. The van der Waals surface area contributed by atoms with E-state index in [1.54, 1.807) is 0 Å². The van der Waals surface area contributed by atoms with Crippen molar-refractivity contribution in [3.8, 4) is 0 Å². The van der Waals surface area contributed by atoms with Crippen LogP contribution in [-0.2, 0) is 14.3 Å². The summed E-state index contributed by atoms with van der Waals surface area (Å²) < 4.78 is 42.1. The molecule has 15 heavy (non-hydrogen) atoms. The molecule has 2 aliphatic rings. The first-order valence-electron chi connectivity index (χ1n) is 4.40. The van der Waals surface area contributed by atoms with E-state index in [4.69, 9.17) is 0 Å². The third kappa shape index (κ3) is 1.60. The molecule has 0 aromatic rings. The molecule has 7 heteroatoms. The van der Waals surface area contributed by atoms with E-state index in [-0.39, 0.29) is 12.8 Å². The largest absolute Gasteiger partial charge is 0.406 e. The Hall–Kier alpha value is -1.11. The van der Waals surface area contributed by atoms with E-state index in [0.29, 0.717) is 0 Å². The Morgan fingerprint density at radius 3 is 1.93 bits per heavy atom. The number of carbonyl (C=O) groups excluding carboxylic acids is 2. The second-order valence-corrected chi connectivity index (χ2v) is 3.73. The van der Waals surface area contributed by atoms with Crippen molar-refractivity contribution in [2.45, 2.75) is 24.6 Å². The van der Waals surface area contributed by atoms with Gasteiger partial charge in [-0.1, -0.05) is 0 Å². The molecule has 0 unspecified atom stereocenters. The maximum Gasteiger partial charge on any atom is 0.406 e. The summed E-state index contributed by atoms with van der Waals surface area (Å²) in [5, 5.41) is 0. The van der Waals surface area contributed by atoms with Gasteiger partial charge in [-0.05, 0) is 12.8 Å². The number of esters is 2. The Kier molecular flexibility index (Phi) is 2.04. The molecule has 0 radical (unpaired) electrons. The molecule has 2 rings (SSSR count). The Labute approximate surface area is 83.0 Å². The maximum atomic E-state index is 12.6. The standard InChI is InChI=1S/C8H8F3NO3/c9-8(10,11)7(1-2-7)12-3-5(13)15-6(14)4-12/h1-4H2. The molecule has 1 heterocycles. The van der Waals surface area contributed by atoms with Crippen LogP contribution in [0.4, 0.5) is 13.2 Å². The van der Waals surface area contributed by atoms with Crippen LogP contribution in [0.25, 0.3) is 0 Å². The van der Waals surface area contributed by atoms with Crippen LogP contribution in [0.1, 0.15) is 12.8 Å². The summed E-state index contributed by atoms with van der Waals surface area (Å²) in [6, 6.07) is 0. The van der Waals surface area contributed by atoms with E-state index in [2.05, 4.69) is 4.74 Å². The fourth-order valence-electron chi connectivity index (χ4n) is 1.76. The molecule has 1 aliphatic carbocycles. The number of ether oxygens (including phenoxy) is 1. The van der Waals surface area contributed by atoms with Gasteiger partial charge in [0.15, 0.2) is 0 Å². The molecule has 0 aromatic carbocycles. The monoisotopic (exact) mass is 223 g/mol. The van der Waals surface area contributed by atoms with E-state index >= 15 is 0 Å². The summed E-state index contributed by atoms with van der Waals surface area (Å²) in [5.74, 6) is -1.83. The highest BCUT2D eigenvalue weighted by Gasteiger charge is 2.67. The first-order valence-corrected chi connectivity index (χ1v) is 4.40. The van der Waals surface area contributed by atoms with Gasteiger partial charge in [-0.2, -0.15) is 13.2 Å². The Morgan fingerprint density at radius 2 is 1.60 bits per heavy atom. The first kappa shape index (κ1) is 10.4. The lowest BCUT2D eigenvalue weighted by Gasteiger charge is -2.33. The van der Waals surface area contributed by atoms with E-state index in [1.165, 1.54) is 0 Å². The van der Waals surface area contributed by atoms with Crippen molar-refractivity contribution in [1.29, 1.82) is 0 Å². The average molecular weight is 223 g/mol. The van der Waals surface area contributed by atoms with Crippen molar-refractivity contribution in [1.82, 2.24) is 4.90 Å². The number of hydrogen-bond donors (Lipinski definition) is 0. The quantitative estimate of drug-likeness (QED) is 0.478. The molecular formula is C8H8F3NO3. The van der Waals surface area contributed by atoms with Crippen LogP contribution in [0, 0.1) is 0 Å². The van der Waals surface area contributed by atoms with Gasteiger partial charge in [0.25, 0.3) is 0 Å². The molecule has 4 nitrogen and oxygen atoms in total. The predicted molar refractivity (Wildman–Crippen MR) is 40.7 cm³/mol. The number of carbonyl (C=O) groups is 2. The lowest BCUT2D eigenvalue weighted by molar-refractivity contribution is -0.206. The number of rotatable bonds is 1. The number of halogens is 3. The number of alkyl halides is 3. The lowest BCUT2D eigenvalue weighted by Crippen LogP contribution is -2.55. The molecule has 0 N–H and O–H groups in total. The summed E-state index contributed by atoms with van der Waals surface area (Å²) in [4.78, 5) is 22.5. The van der Waals surface area contributed by atoms with E-state index < -0.39 is 36.7 Å². The van der Waals surface area contributed by atoms with Gasteiger partial charge in [-0.3, -0.25) is 14.5 Å². The minimum absolute atomic E-state index is 0.0585. The van der Waals surface area contributed by atoms with Crippen molar-refractivity contribution < 1.29 is 27.5 Å². The molecule has 0 atom stereocenters. The van der Waals surface area contributed by atoms with Gasteiger partial charge in [0.05, 0.1) is 13.1 Å². The van der Waals surface area contributed by atoms with E-state index in [1.807, 2.05) is 0 Å². The van der Waals surface area contributed by atoms with Crippen molar-refractivity contribution in [2.75, 3.05) is 13.1 Å². The molecule has 0 aromatic heterocycles. The van der Waals surface area contributed by atoms with Crippen LogP contribution in [0.3, 0.4) is 0 Å². The van der Waals surface area contributed by atoms with Crippen molar-refractivity contribution in [2.24, 2.45) is 0 Å². The van der Waals surface area contributed by atoms with Gasteiger partial charge in [0.2, 0.25) is 0 Å². The second kappa shape index (κ2) is 2.94. The van der Waals surface area contributed by atoms with Crippen molar-refractivity contribution in [3.05, 3.63) is 0 Å². The Bertz CT molecular complexity index is 306. The third-order valence-electron chi connectivity index (χ3n) is 2.72. The minimum atomic E-state index is -4.40. The predicted octanol–water partition coefficient (Wildman–Crippen LogP) is 0.467. The Balaban J connectivity index is 2.17. The zero-order chi connectivity index (χ0) is 11.3. The van der Waals surface area contributed by atoms with Crippen LogP contribution in [-0.4, -0.2) is 41.6 Å². The number of hydrogen-bond acceptors (Lipinski definition) is 4. The van der Waals surface area contributed by atoms with Gasteiger partial charge >= 0.3 is 18.1 Å². The van der Waals surface area contributed by atoms with Crippen molar-refractivity contribution >= 4 is 11.9 Å². The minimum Gasteiger partial charge on any atom is -0.391 e. The van der Waals surface area contributed by atoms with Gasteiger partial charge < -0.3 is 4.74 Å². The van der Waals surface area contributed by atoms with Crippen LogP contribution in [0.15, 0.2) is 0 Å². The molecule has 2 fully saturated rings. The van der Waals surface area contributed by atoms with Crippen molar-refractivity contribution in [3.63, 3.8) is 0 Å². The molecule has 1 saturated carbocycles. The first-order chi connectivity index (χ1) is 6.85. The Morgan fingerprint density at radius 1 is 1.13 bits per heavy atom. The average Bonchev–Trinajstić information content (AvgIpc) is 2.79. The SMILES string of the molecule is O=C1CN(C2(C(F)(F)F)CC2)CC(=O)O1.